The molecule has 64 valence electrons. The Kier molecular flexibility index (Phi) is 3.52. The topological polar surface area (TPSA) is 35.5 Å². The van der Waals surface area contributed by atoms with E-state index in [4.69, 9.17) is 9.47 Å². The van der Waals surface area contributed by atoms with E-state index in [1.807, 2.05) is 0 Å². The van der Waals surface area contributed by atoms with Crippen LogP contribution in [-0.2, 0) is 14.3 Å². The van der Waals surface area contributed by atoms with Gasteiger partial charge in [0.15, 0.2) is 6.29 Å². The van der Waals surface area contributed by atoms with E-state index >= 15 is 0 Å². The third kappa shape index (κ3) is 2.60. The Labute approximate surface area is 66.7 Å². The normalized spacial score (nSPS) is 31.7. The Hall–Kier alpha value is -0.410. The molecule has 0 spiro atoms. The van der Waals surface area contributed by atoms with Crippen LogP contribution in [0.25, 0.3) is 0 Å². The van der Waals surface area contributed by atoms with E-state index in [1.165, 1.54) is 0 Å². The summed E-state index contributed by atoms with van der Waals surface area (Å²) < 4.78 is 10.5. The Bertz CT molecular complexity index is 125. The van der Waals surface area contributed by atoms with Gasteiger partial charge in [-0.25, -0.2) is 0 Å². The summed E-state index contributed by atoms with van der Waals surface area (Å²) in [5.74, 6) is 0. The Balaban J connectivity index is 2.27. The number of hydrogen-bond acceptors (Lipinski definition) is 3. The zero-order valence-electron chi connectivity index (χ0n) is 6.79. The summed E-state index contributed by atoms with van der Waals surface area (Å²) in [6, 6.07) is 0. The summed E-state index contributed by atoms with van der Waals surface area (Å²) in [4.78, 5) is 10.1. The predicted molar refractivity (Wildman–Crippen MR) is 40.2 cm³/mol. The van der Waals surface area contributed by atoms with E-state index in [9.17, 15) is 4.79 Å². The van der Waals surface area contributed by atoms with Crippen LogP contribution < -0.4 is 0 Å². The Morgan fingerprint density at radius 1 is 1.64 bits per heavy atom. The summed E-state index contributed by atoms with van der Waals surface area (Å²) in [6.07, 6.45) is 4.43. The standard InChI is InChI=1S/C8H14O3/c1-10-8-4-2-3-7(11-8)5-6-9/h6-8H,2-5H2,1H3/t7-,8+/m0/s1. The van der Waals surface area contributed by atoms with Gasteiger partial charge in [-0.15, -0.1) is 0 Å². The van der Waals surface area contributed by atoms with Crippen LogP contribution >= 0.6 is 0 Å². The number of aldehydes is 1. The molecular formula is C8H14O3. The molecule has 1 aliphatic rings. The first-order chi connectivity index (χ1) is 5.36. The lowest BCUT2D eigenvalue weighted by Gasteiger charge is -2.27. The lowest BCUT2D eigenvalue weighted by molar-refractivity contribution is -0.180. The molecule has 0 aromatic heterocycles. The van der Waals surface area contributed by atoms with Crippen molar-refractivity contribution in [3.63, 3.8) is 0 Å². The average molecular weight is 158 g/mol. The van der Waals surface area contributed by atoms with Crippen molar-refractivity contribution < 1.29 is 14.3 Å². The second kappa shape index (κ2) is 4.46. The molecule has 1 saturated heterocycles. The van der Waals surface area contributed by atoms with Crippen LogP contribution in [0.15, 0.2) is 0 Å². The molecule has 0 bridgehead atoms. The van der Waals surface area contributed by atoms with Gasteiger partial charge < -0.3 is 14.3 Å². The van der Waals surface area contributed by atoms with Crippen LogP contribution in [0.4, 0.5) is 0 Å². The lowest BCUT2D eigenvalue weighted by atomic mass is 10.1. The van der Waals surface area contributed by atoms with Crippen LogP contribution in [0.1, 0.15) is 25.7 Å². The van der Waals surface area contributed by atoms with E-state index in [0.717, 1.165) is 25.5 Å². The smallest absolute Gasteiger partial charge is 0.157 e. The molecule has 0 N–H and O–H groups in total. The van der Waals surface area contributed by atoms with E-state index in [1.54, 1.807) is 7.11 Å². The van der Waals surface area contributed by atoms with Crippen molar-refractivity contribution in [2.75, 3.05) is 7.11 Å². The van der Waals surface area contributed by atoms with Crippen molar-refractivity contribution in [3.8, 4) is 0 Å². The molecule has 3 heteroatoms. The quantitative estimate of drug-likeness (QED) is 0.577. The number of rotatable bonds is 3. The molecule has 1 heterocycles. The maximum Gasteiger partial charge on any atom is 0.157 e. The third-order valence-corrected chi connectivity index (χ3v) is 1.93. The number of carbonyl (C=O) groups is 1. The molecular weight excluding hydrogens is 144 g/mol. The minimum atomic E-state index is -0.0892. The van der Waals surface area contributed by atoms with Crippen molar-refractivity contribution in [3.05, 3.63) is 0 Å². The second-order valence-corrected chi connectivity index (χ2v) is 2.76. The monoisotopic (exact) mass is 158 g/mol. The molecule has 0 amide bonds. The highest BCUT2D eigenvalue weighted by atomic mass is 16.7. The summed E-state index contributed by atoms with van der Waals surface area (Å²) in [5, 5.41) is 0. The van der Waals surface area contributed by atoms with Crippen LogP contribution in [0.5, 0.6) is 0 Å². The Morgan fingerprint density at radius 2 is 2.45 bits per heavy atom. The molecule has 0 aromatic carbocycles. The molecule has 1 aliphatic heterocycles. The van der Waals surface area contributed by atoms with Crippen molar-refractivity contribution in [1.29, 1.82) is 0 Å². The fraction of sp³-hybridized carbons (Fsp3) is 0.875. The molecule has 0 radical (unpaired) electrons. The van der Waals surface area contributed by atoms with Gasteiger partial charge in [-0.3, -0.25) is 0 Å². The third-order valence-electron chi connectivity index (χ3n) is 1.93. The summed E-state index contributed by atoms with van der Waals surface area (Å²) in [5.41, 5.74) is 0. The maximum absolute atomic E-state index is 10.1. The second-order valence-electron chi connectivity index (χ2n) is 2.76. The molecule has 3 nitrogen and oxygen atoms in total. The van der Waals surface area contributed by atoms with Crippen molar-refractivity contribution in [1.82, 2.24) is 0 Å². The van der Waals surface area contributed by atoms with Gasteiger partial charge in [0.2, 0.25) is 0 Å². The fourth-order valence-electron chi connectivity index (χ4n) is 1.32. The molecule has 2 atom stereocenters. The first-order valence-corrected chi connectivity index (χ1v) is 3.98. The van der Waals surface area contributed by atoms with Crippen molar-refractivity contribution in [2.45, 2.75) is 38.1 Å². The van der Waals surface area contributed by atoms with Gasteiger partial charge in [-0.05, 0) is 19.3 Å². The molecule has 1 fully saturated rings. The highest BCUT2D eigenvalue weighted by Crippen LogP contribution is 2.20. The van der Waals surface area contributed by atoms with Gasteiger partial charge >= 0.3 is 0 Å². The minimum absolute atomic E-state index is 0.0891. The Morgan fingerprint density at radius 3 is 3.09 bits per heavy atom. The van der Waals surface area contributed by atoms with Crippen LogP contribution in [0.2, 0.25) is 0 Å². The first kappa shape index (κ1) is 8.68. The van der Waals surface area contributed by atoms with E-state index in [2.05, 4.69) is 0 Å². The molecule has 0 aliphatic carbocycles. The van der Waals surface area contributed by atoms with Crippen LogP contribution in [-0.4, -0.2) is 25.8 Å². The SMILES string of the molecule is CO[C@H]1CCC[C@@H](CC=O)O1. The number of hydrogen-bond donors (Lipinski definition) is 0. The minimum Gasteiger partial charge on any atom is -0.356 e. The largest absolute Gasteiger partial charge is 0.356 e. The average Bonchev–Trinajstić information content (AvgIpc) is 2.06. The summed E-state index contributed by atoms with van der Waals surface area (Å²) >= 11 is 0. The number of ether oxygens (including phenoxy) is 2. The fourth-order valence-corrected chi connectivity index (χ4v) is 1.32. The highest BCUT2D eigenvalue weighted by Gasteiger charge is 2.20. The van der Waals surface area contributed by atoms with E-state index < -0.39 is 0 Å². The van der Waals surface area contributed by atoms with Crippen molar-refractivity contribution in [2.24, 2.45) is 0 Å². The summed E-state index contributed by atoms with van der Waals surface area (Å²) in [6.45, 7) is 0. The molecule has 1 rings (SSSR count). The van der Waals surface area contributed by atoms with Crippen LogP contribution in [0.3, 0.4) is 0 Å². The number of carbonyl (C=O) groups excluding carboxylic acids is 1. The van der Waals surface area contributed by atoms with Gasteiger partial charge in [-0.2, -0.15) is 0 Å². The lowest BCUT2D eigenvalue weighted by Crippen LogP contribution is -2.28. The van der Waals surface area contributed by atoms with Gasteiger partial charge in [0.1, 0.15) is 6.29 Å². The number of methoxy groups -OCH3 is 1. The van der Waals surface area contributed by atoms with Crippen molar-refractivity contribution >= 4 is 6.29 Å². The highest BCUT2D eigenvalue weighted by molar-refractivity contribution is 5.50. The van der Waals surface area contributed by atoms with Gasteiger partial charge in [0.25, 0.3) is 0 Å². The zero-order chi connectivity index (χ0) is 8.10. The first-order valence-electron chi connectivity index (χ1n) is 3.98. The predicted octanol–water partition coefficient (Wildman–Crippen LogP) is 1.12. The molecule has 0 unspecified atom stereocenters. The van der Waals surface area contributed by atoms with Gasteiger partial charge in [0, 0.05) is 13.5 Å². The van der Waals surface area contributed by atoms with Gasteiger partial charge in [-0.1, -0.05) is 0 Å². The molecule has 0 aromatic rings. The molecule has 11 heavy (non-hydrogen) atoms. The van der Waals surface area contributed by atoms with E-state index in [-0.39, 0.29) is 12.4 Å². The van der Waals surface area contributed by atoms with Gasteiger partial charge in [0.05, 0.1) is 6.10 Å². The van der Waals surface area contributed by atoms with Crippen LogP contribution in [0, 0.1) is 0 Å². The maximum atomic E-state index is 10.1. The summed E-state index contributed by atoms with van der Waals surface area (Å²) in [7, 11) is 1.63. The zero-order valence-corrected chi connectivity index (χ0v) is 6.79. The van der Waals surface area contributed by atoms with E-state index in [0.29, 0.717) is 6.42 Å². The molecule has 0 saturated carbocycles.